The molecule has 1 aliphatic rings. The van der Waals surface area contributed by atoms with Crippen molar-refractivity contribution in [1.82, 2.24) is 15.0 Å². The molecule has 2 heterocycles. The molecule has 1 amide bonds. The maximum absolute atomic E-state index is 13.0. The van der Waals surface area contributed by atoms with Crippen LogP contribution in [0.3, 0.4) is 0 Å². The van der Waals surface area contributed by atoms with Crippen molar-refractivity contribution in [2.45, 2.75) is 5.92 Å². The second-order valence-electron chi connectivity index (χ2n) is 7.14. The van der Waals surface area contributed by atoms with E-state index < -0.39 is 0 Å². The predicted octanol–water partition coefficient (Wildman–Crippen LogP) is 4.77. The zero-order valence-electron chi connectivity index (χ0n) is 16.1. The summed E-state index contributed by atoms with van der Waals surface area (Å²) in [5, 5.41) is 4.07. The molecule has 0 atom stereocenters. The fourth-order valence-corrected chi connectivity index (χ4v) is 3.42. The fourth-order valence-electron chi connectivity index (χ4n) is 3.42. The second-order valence-corrected chi connectivity index (χ2v) is 7.14. The molecule has 1 fully saturated rings. The topological polar surface area (TPSA) is 68.5 Å². The molecule has 0 spiro atoms. The molecule has 6 heteroatoms. The quantitative estimate of drug-likeness (QED) is 0.485. The van der Waals surface area contributed by atoms with Crippen LogP contribution in [0.5, 0.6) is 11.5 Å². The number of carbonyl (C=O) groups is 1. The number of para-hydroxylation sites is 2. The van der Waals surface area contributed by atoms with E-state index in [1.807, 2.05) is 78.9 Å². The van der Waals surface area contributed by atoms with Gasteiger partial charge >= 0.3 is 0 Å². The Morgan fingerprint density at radius 1 is 0.900 bits per heavy atom. The lowest BCUT2D eigenvalue weighted by atomic mass is 9.98. The van der Waals surface area contributed by atoms with Crippen molar-refractivity contribution in [1.29, 1.82) is 0 Å². The van der Waals surface area contributed by atoms with Gasteiger partial charge in [-0.3, -0.25) is 4.79 Å². The summed E-state index contributed by atoms with van der Waals surface area (Å²) in [4.78, 5) is 19.3. The Balaban J connectivity index is 1.27. The number of carbonyl (C=O) groups excluding carboxylic acids is 1. The van der Waals surface area contributed by atoms with E-state index in [0.717, 1.165) is 5.56 Å². The lowest BCUT2D eigenvalue weighted by molar-refractivity contribution is 0.0566. The van der Waals surface area contributed by atoms with Crippen LogP contribution in [0.4, 0.5) is 0 Å². The van der Waals surface area contributed by atoms with Crippen LogP contribution in [0.25, 0.3) is 11.4 Å². The summed E-state index contributed by atoms with van der Waals surface area (Å²) in [6.07, 6.45) is 0. The maximum Gasteiger partial charge on any atom is 0.257 e. The number of hydrogen-bond acceptors (Lipinski definition) is 5. The number of likely N-dealkylation sites (tertiary alicyclic amines) is 1. The second kappa shape index (κ2) is 7.83. The number of ether oxygens (including phenoxy) is 1. The summed E-state index contributed by atoms with van der Waals surface area (Å²) in [7, 11) is 0. The van der Waals surface area contributed by atoms with Gasteiger partial charge in [-0.05, 0) is 24.3 Å². The normalized spacial score (nSPS) is 13.7. The summed E-state index contributed by atoms with van der Waals surface area (Å²) >= 11 is 0. The highest BCUT2D eigenvalue weighted by molar-refractivity contribution is 5.97. The molecule has 1 aromatic heterocycles. The largest absolute Gasteiger partial charge is 0.457 e. The van der Waals surface area contributed by atoms with Crippen molar-refractivity contribution in [2.24, 2.45) is 0 Å². The molecule has 4 aromatic rings. The minimum absolute atomic E-state index is 0.0427. The third kappa shape index (κ3) is 3.55. The van der Waals surface area contributed by atoms with Crippen LogP contribution in [-0.2, 0) is 0 Å². The van der Waals surface area contributed by atoms with E-state index in [1.54, 1.807) is 11.0 Å². The zero-order valence-corrected chi connectivity index (χ0v) is 16.1. The van der Waals surface area contributed by atoms with Gasteiger partial charge in [0.15, 0.2) is 0 Å². The van der Waals surface area contributed by atoms with Gasteiger partial charge in [-0.15, -0.1) is 0 Å². The van der Waals surface area contributed by atoms with Crippen molar-refractivity contribution in [3.8, 4) is 22.9 Å². The number of hydrogen-bond donors (Lipinski definition) is 0. The Kier molecular flexibility index (Phi) is 4.73. The average Bonchev–Trinajstić information content (AvgIpc) is 3.24. The molecule has 6 nitrogen and oxygen atoms in total. The van der Waals surface area contributed by atoms with E-state index in [-0.39, 0.29) is 11.8 Å². The number of nitrogens with zero attached hydrogens (tertiary/aromatic N) is 3. The van der Waals surface area contributed by atoms with Gasteiger partial charge in [0, 0.05) is 18.7 Å². The average molecular weight is 397 g/mol. The molecule has 0 bridgehead atoms. The van der Waals surface area contributed by atoms with Gasteiger partial charge < -0.3 is 14.2 Å². The Morgan fingerprint density at radius 3 is 2.33 bits per heavy atom. The molecule has 148 valence electrons. The first-order chi connectivity index (χ1) is 14.8. The van der Waals surface area contributed by atoms with E-state index in [0.29, 0.717) is 41.9 Å². The van der Waals surface area contributed by atoms with E-state index >= 15 is 0 Å². The number of amides is 1. The SMILES string of the molecule is O=C(c1ccccc1Oc1ccccc1)N1CC(c2nc(-c3ccccc3)no2)C1. The van der Waals surface area contributed by atoms with Crippen LogP contribution in [0, 0.1) is 0 Å². The van der Waals surface area contributed by atoms with Crippen molar-refractivity contribution >= 4 is 5.91 Å². The van der Waals surface area contributed by atoms with Crippen molar-refractivity contribution in [2.75, 3.05) is 13.1 Å². The number of rotatable bonds is 5. The van der Waals surface area contributed by atoms with Gasteiger partial charge in [-0.25, -0.2) is 0 Å². The first-order valence-electron chi connectivity index (χ1n) is 9.78. The molecule has 30 heavy (non-hydrogen) atoms. The fraction of sp³-hybridized carbons (Fsp3) is 0.125. The standard InChI is InChI=1S/C24H19N3O3/c28-24(20-13-7-8-14-21(20)29-19-11-5-2-6-12-19)27-15-18(16-27)23-25-22(26-30-23)17-9-3-1-4-10-17/h1-14,18H,15-16H2. The maximum atomic E-state index is 13.0. The summed E-state index contributed by atoms with van der Waals surface area (Å²) in [5.74, 6) is 2.34. The van der Waals surface area contributed by atoms with Crippen LogP contribution < -0.4 is 4.74 Å². The molecule has 0 unspecified atom stereocenters. The summed E-state index contributed by atoms with van der Waals surface area (Å²) in [6, 6.07) is 26.4. The van der Waals surface area contributed by atoms with Gasteiger partial charge in [-0.1, -0.05) is 65.8 Å². The minimum atomic E-state index is -0.0689. The van der Waals surface area contributed by atoms with Gasteiger partial charge in [-0.2, -0.15) is 4.98 Å². The van der Waals surface area contributed by atoms with Crippen LogP contribution in [0.1, 0.15) is 22.2 Å². The highest BCUT2D eigenvalue weighted by atomic mass is 16.5. The molecule has 1 aliphatic heterocycles. The van der Waals surface area contributed by atoms with Gasteiger partial charge in [0.25, 0.3) is 5.91 Å². The summed E-state index contributed by atoms with van der Waals surface area (Å²) in [6.45, 7) is 1.07. The van der Waals surface area contributed by atoms with Crippen molar-refractivity contribution < 1.29 is 14.1 Å². The number of benzene rings is 3. The molecule has 5 rings (SSSR count). The third-order valence-electron chi connectivity index (χ3n) is 5.08. The Morgan fingerprint density at radius 2 is 1.57 bits per heavy atom. The van der Waals surface area contributed by atoms with E-state index in [9.17, 15) is 4.79 Å². The third-order valence-corrected chi connectivity index (χ3v) is 5.08. The summed E-state index contributed by atoms with van der Waals surface area (Å²) in [5.41, 5.74) is 1.45. The highest BCUT2D eigenvalue weighted by Crippen LogP contribution is 2.32. The molecule has 0 aliphatic carbocycles. The van der Waals surface area contributed by atoms with E-state index in [2.05, 4.69) is 10.1 Å². The van der Waals surface area contributed by atoms with Gasteiger partial charge in [0.1, 0.15) is 11.5 Å². The van der Waals surface area contributed by atoms with Gasteiger partial charge in [0.05, 0.1) is 11.5 Å². The molecule has 1 saturated heterocycles. The van der Waals surface area contributed by atoms with Crippen LogP contribution in [0.15, 0.2) is 89.5 Å². The van der Waals surface area contributed by atoms with Crippen LogP contribution >= 0.6 is 0 Å². The summed E-state index contributed by atoms with van der Waals surface area (Å²) < 4.78 is 11.4. The van der Waals surface area contributed by atoms with E-state index in [1.165, 1.54) is 0 Å². The van der Waals surface area contributed by atoms with E-state index in [4.69, 9.17) is 9.26 Å². The minimum Gasteiger partial charge on any atom is -0.457 e. The predicted molar refractivity (Wildman–Crippen MR) is 111 cm³/mol. The molecule has 0 saturated carbocycles. The Labute approximate surface area is 173 Å². The Bertz CT molecular complexity index is 1150. The Hall–Kier alpha value is -3.93. The molecule has 3 aromatic carbocycles. The monoisotopic (exact) mass is 397 g/mol. The first-order valence-corrected chi connectivity index (χ1v) is 9.78. The zero-order chi connectivity index (χ0) is 20.3. The number of aromatic nitrogens is 2. The highest BCUT2D eigenvalue weighted by Gasteiger charge is 2.37. The van der Waals surface area contributed by atoms with Gasteiger partial charge in [0.2, 0.25) is 11.7 Å². The van der Waals surface area contributed by atoms with Crippen molar-refractivity contribution in [3.63, 3.8) is 0 Å². The molecule has 0 N–H and O–H groups in total. The molecule has 0 radical (unpaired) electrons. The lowest BCUT2D eigenvalue weighted by Gasteiger charge is -2.37. The smallest absolute Gasteiger partial charge is 0.257 e. The van der Waals surface area contributed by atoms with Crippen molar-refractivity contribution in [3.05, 3.63) is 96.4 Å². The van der Waals surface area contributed by atoms with Crippen LogP contribution in [-0.4, -0.2) is 34.0 Å². The lowest BCUT2D eigenvalue weighted by Crippen LogP contribution is -2.48. The molecular formula is C24H19N3O3. The van der Waals surface area contributed by atoms with Crippen LogP contribution in [0.2, 0.25) is 0 Å². The molecular weight excluding hydrogens is 378 g/mol. The first kappa shape index (κ1) is 18.1.